The van der Waals surface area contributed by atoms with Crippen molar-refractivity contribution in [3.05, 3.63) is 89.3 Å². The second kappa shape index (κ2) is 15.6. The lowest BCUT2D eigenvalue weighted by molar-refractivity contribution is -0.118. The molecule has 0 spiro atoms. The van der Waals surface area contributed by atoms with E-state index in [1.807, 2.05) is 31.2 Å². The molecular formula is C30H45N9O2. The third-order valence-electron chi connectivity index (χ3n) is 7.00. The van der Waals surface area contributed by atoms with E-state index in [0.717, 1.165) is 11.3 Å². The smallest absolute Gasteiger partial charge is 0.269 e. The first-order chi connectivity index (χ1) is 19.7. The number of hydrazine groups is 2. The van der Waals surface area contributed by atoms with Crippen LogP contribution in [0.4, 0.5) is 0 Å². The Bertz CT molecular complexity index is 1200. The number of nitrogens with zero attached hydrogens (tertiary/aromatic N) is 3. The van der Waals surface area contributed by atoms with Crippen molar-refractivity contribution >= 4 is 11.8 Å². The maximum absolute atomic E-state index is 12.4. The van der Waals surface area contributed by atoms with Gasteiger partial charge in [-0.3, -0.25) is 14.6 Å². The van der Waals surface area contributed by atoms with Crippen molar-refractivity contribution < 1.29 is 9.59 Å². The highest BCUT2D eigenvalue weighted by molar-refractivity contribution is 5.92. The molecule has 1 aromatic heterocycles. The number of carbonyl (C=O) groups excluding carboxylic acids is 2. The van der Waals surface area contributed by atoms with Crippen LogP contribution in [0.25, 0.3) is 0 Å². The summed E-state index contributed by atoms with van der Waals surface area (Å²) in [6.07, 6.45) is 16.6. The van der Waals surface area contributed by atoms with Gasteiger partial charge in [0, 0.05) is 38.2 Å². The molecule has 0 aromatic carbocycles. The quantitative estimate of drug-likeness (QED) is 0.0542. The van der Waals surface area contributed by atoms with Crippen molar-refractivity contribution in [2.24, 2.45) is 29.1 Å². The van der Waals surface area contributed by atoms with Crippen molar-refractivity contribution in [1.29, 1.82) is 0 Å². The van der Waals surface area contributed by atoms with Gasteiger partial charge in [-0.15, -0.1) is 0 Å². The topological polar surface area (TPSA) is 182 Å². The van der Waals surface area contributed by atoms with Gasteiger partial charge in [-0.2, -0.15) is 0 Å². The minimum atomic E-state index is -0.410. The summed E-state index contributed by atoms with van der Waals surface area (Å²) in [7, 11) is 0. The minimum absolute atomic E-state index is 0.0119. The number of unbranched alkanes of at least 4 members (excludes halogenated alkanes) is 1. The zero-order chi connectivity index (χ0) is 29.8. The maximum atomic E-state index is 12.4. The molecule has 0 bridgehead atoms. The van der Waals surface area contributed by atoms with Gasteiger partial charge in [-0.05, 0) is 86.1 Å². The van der Waals surface area contributed by atoms with Gasteiger partial charge >= 0.3 is 0 Å². The van der Waals surface area contributed by atoms with Crippen LogP contribution in [-0.4, -0.2) is 46.5 Å². The van der Waals surface area contributed by atoms with E-state index in [0.29, 0.717) is 50.9 Å². The summed E-state index contributed by atoms with van der Waals surface area (Å²) >= 11 is 0. The Labute approximate surface area is 243 Å². The van der Waals surface area contributed by atoms with Gasteiger partial charge in [-0.1, -0.05) is 24.8 Å². The molecular weight excluding hydrogens is 518 g/mol. The normalized spacial score (nSPS) is 16.3. The van der Waals surface area contributed by atoms with Crippen molar-refractivity contribution in [2.75, 3.05) is 19.6 Å². The van der Waals surface area contributed by atoms with E-state index in [1.54, 1.807) is 6.20 Å². The van der Waals surface area contributed by atoms with Crippen LogP contribution in [0.3, 0.4) is 0 Å². The first-order valence-electron chi connectivity index (χ1n) is 14.2. The van der Waals surface area contributed by atoms with Crippen LogP contribution in [0, 0.1) is 5.92 Å². The third kappa shape index (κ3) is 11.1. The van der Waals surface area contributed by atoms with E-state index in [4.69, 9.17) is 23.2 Å². The van der Waals surface area contributed by atoms with Gasteiger partial charge in [0.05, 0.1) is 12.2 Å². The molecule has 2 aliphatic rings. The fraction of sp³-hybridized carbons (Fsp3) is 0.433. The second-order valence-electron chi connectivity index (χ2n) is 10.6. The Morgan fingerprint density at radius 1 is 1.02 bits per heavy atom. The summed E-state index contributed by atoms with van der Waals surface area (Å²) in [5.74, 6) is 12.4. The molecule has 1 aromatic rings. The van der Waals surface area contributed by atoms with E-state index < -0.39 is 11.8 Å². The highest BCUT2D eigenvalue weighted by Gasteiger charge is 2.24. The second-order valence-corrected chi connectivity index (χ2v) is 10.6. The molecule has 2 aliphatic carbocycles. The molecule has 2 fully saturated rings. The van der Waals surface area contributed by atoms with Crippen LogP contribution in [0.1, 0.15) is 62.6 Å². The van der Waals surface area contributed by atoms with Gasteiger partial charge < -0.3 is 32.1 Å². The predicted octanol–water partition coefficient (Wildman–Crippen LogP) is 1.89. The Kier molecular flexibility index (Phi) is 12.0. The molecule has 0 saturated heterocycles. The number of nitrogens with two attached hydrogens (primary N) is 4. The molecule has 11 heteroatoms. The Hall–Kier alpha value is -4.09. The van der Waals surface area contributed by atoms with E-state index >= 15 is 0 Å². The summed E-state index contributed by atoms with van der Waals surface area (Å²) < 4.78 is 0. The lowest BCUT2D eigenvalue weighted by Crippen LogP contribution is -2.35. The maximum Gasteiger partial charge on any atom is 0.269 e. The third-order valence-corrected chi connectivity index (χ3v) is 7.00. The Morgan fingerprint density at radius 3 is 2.17 bits per heavy atom. The van der Waals surface area contributed by atoms with E-state index in [-0.39, 0.29) is 11.4 Å². The number of amides is 2. The fourth-order valence-corrected chi connectivity index (χ4v) is 4.22. The van der Waals surface area contributed by atoms with Gasteiger partial charge in [0.15, 0.2) is 0 Å². The van der Waals surface area contributed by atoms with E-state index in [1.165, 1.54) is 59.2 Å². The average Bonchev–Trinajstić information content (AvgIpc) is 3.88. The molecule has 2 amide bonds. The highest BCUT2D eigenvalue weighted by Crippen LogP contribution is 2.40. The number of pyridine rings is 1. The van der Waals surface area contributed by atoms with Crippen LogP contribution < -0.4 is 33.8 Å². The number of allylic oxidation sites excluding steroid dienone is 3. The SMILES string of the molecule is C=C/C(=C\C(=C/C)CNC(=O)/C(N)=C/N(N)CCCCN(N)/C=C(\N)C(=O)NCc1cc(C2CC2)ccn1)C1CC1. The summed E-state index contributed by atoms with van der Waals surface area (Å²) in [4.78, 5) is 29.1. The molecule has 3 rings (SSSR count). The van der Waals surface area contributed by atoms with Crippen molar-refractivity contribution in [3.63, 3.8) is 0 Å². The summed E-state index contributed by atoms with van der Waals surface area (Å²) in [5.41, 5.74) is 16.1. The molecule has 2 saturated carbocycles. The molecule has 1 heterocycles. The van der Waals surface area contributed by atoms with Gasteiger partial charge in [0.25, 0.3) is 11.8 Å². The first-order valence-corrected chi connectivity index (χ1v) is 14.2. The van der Waals surface area contributed by atoms with Crippen LogP contribution >= 0.6 is 0 Å². The molecule has 10 N–H and O–H groups in total. The fourth-order valence-electron chi connectivity index (χ4n) is 4.22. The lowest BCUT2D eigenvalue weighted by Gasteiger charge is -2.17. The van der Waals surface area contributed by atoms with Gasteiger partial charge in [0.1, 0.15) is 11.4 Å². The number of hydrogen-bond acceptors (Lipinski definition) is 9. The monoisotopic (exact) mass is 563 g/mol. The summed E-state index contributed by atoms with van der Waals surface area (Å²) in [5, 5.41) is 8.34. The molecule has 11 nitrogen and oxygen atoms in total. The van der Waals surface area contributed by atoms with Crippen LogP contribution in [0.5, 0.6) is 0 Å². The number of carbonyl (C=O) groups is 2. The first kappa shape index (κ1) is 31.4. The predicted molar refractivity (Wildman–Crippen MR) is 161 cm³/mol. The minimum Gasteiger partial charge on any atom is -0.393 e. The zero-order valence-corrected chi connectivity index (χ0v) is 24.0. The van der Waals surface area contributed by atoms with Crippen LogP contribution in [-0.2, 0) is 16.1 Å². The van der Waals surface area contributed by atoms with Gasteiger partial charge in [-0.25, -0.2) is 11.7 Å². The largest absolute Gasteiger partial charge is 0.393 e. The summed E-state index contributed by atoms with van der Waals surface area (Å²) in [6.45, 7) is 7.39. The average molecular weight is 564 g/mol. The highest BCUT2D eigenvalue weighted by atomic mass is 16.2. The zero-order valence-electron chi connectivity index (χ0n) is 24.0. The molecule has 41 heavy (non-hydrogen) atoms. The standard InChI is InChI=1S/C30H45N9O2/c1-3-21(15-22(4-2)23-7-8-23)17-36-29(40)27(31)19-38(33)13-5-6-14-39(34)20-28(32)30(41)37-18-26-16-25(11-12-35-26)24-9-10-24/h3-4,11-12,15-16,19-20,23-24H,2,5-10,13-14,17-18,31-34H2,1H3,(H,36,40)(H,37,41)/b21-3+,22-15+,27-19-,28-20-. The molecule has 0 radical (unpaired) electrons. The van der Waals surface area contributed by atoms with E-state index in [2.05, 4.69) is 28.3 Å². The molecule has 222 valence electrons. The van der Waals surface area contributed by atoms with Crippen molar-refractivity contribution in [3.8, 4) is 0 Å². The van der Waals surface area contributed by atoms with Crippen molar-refractivity contribution in [1.82, 2.24) is 25.6 Å². The molecule has 0 atom stereocenters. The Balaban J connectivity index is 1.33. The number of hydrogen-bond donors (Lipinski definition) is 6. The number of aromatic nitrogens is 1. The lowest BCUT2D eigenvalue weighted by atomic mass is 10.1. The molecule has 0 unspecified atom stereocenters. The Morgan fingerprint density at radius 2 is 1.63 bits per heavy atom. The van der Waals surface area contributed by atoms with Gasteiger partial charge in [0.2, 0.25) is 0 Å². The number of nitrogens with one attached hydrogen (secondary N) is 2. The number of rotatable bonds is 17. The molecule has 0 aliphatic heterocycles. The van der Waals surface area contributed by atoms with Crippen molar-refractivity contribution in [2.45, 2.75) is 57.9 Å². The summed E-state index contributed by atoms with van der Waals surface area (Å²) in [6, 6.07) is 4.04. The van der Waals surface area contributed by atoms with Crippen LogP contribution in [0.2, 0.25) is 0 Å². The van der Waals surface area contributed by atoms with Crippen LogP contribution in [0.15, 0.2) is 78.1 Å². The van der Waals surface area contributed by atoms with E-state index in [9.17, 15) is 9.59 Å².